The quantitative estimate of drug-likeness (QED) is 0.362. The Morgan fingerprint density at radius 2 is 1.78 bits per heavy atom. The Labute approximate surface area is 214 Å². The van der Waals surface area contributed by atoms with Crippen molar-refractivity contribution in [1.29, 1.82) is 0 Å². The van der Waals surface area contributed by atoms with Crippen molar-refractivity contribution in [2.75, 3.05) is 27.3 Å². The molecule has 198 valence electrons. The number of ether oxygens (including phenoxy) is 3. The summed E-state index contributed by atoms with van der Waals surface area (Å²) < 4.78 is 53.8. The minimum atomic E-state index is -4.79. The number of halogens is 3. The number of methoxy groups -OCH3 is 2. The largest absolute Gasteiger partial charge is 0.573 e. The molecule has 0 spiro atoms. The number of thiazole rings is 1. The third-order valence-corrected chi connectivity index (χ3v) is 5.92. The van der Waals surface area contributed by atoms with Crippen LogP contribution in [0, 0.1) is 0 Å². The van der Waals surface area contributed by atoms with Crippen LogP contribution in [0.5, 0.6) is 17.2 Å². The van der Waals surface area contributed by atoms with Crippen LogP contribution in [0.3, 0.4) is 0 Å². The summed E-state index contributed by atoms with van der Waals surface area (Å²) >= 11 is 1.20. The van der Waals surface area contributed by atoms with Crippen molar-refractivity contribution in [1.82, 2.24) is 9.88 Å². The lowest BCUT2D eigenvalue weighted by atomic mass is 10.1. The van der Waals surface area contributed by atoms with E-state index in [9.17, 15) is 22.8 Å². The Morgan fingerprint density at radius 3 is 2.41 bits per heavy atom. The predicted octanol–water partition coefficient (Wildman–Crippen LogP) is 3.34. The van der Waals surface area contributed by atoms with Gasteiger partial charge in [0.05, 0.1) is 32.0 Å². The maximum Gasteiger partial charge on any atom is 0.573 e. The number of hydrogen-bond donors (Lipinski definition) is 2. The van der Waals surface area contributed by atoms with Gasteiger partial charge < -0.3 is 29.8 Å². The number of alkyl halides is 3. The molecule has 0 aliphatic heterocycles. The topological polar surface area (TPSA) is 117 Å². The molecule has 0 atom stereocenters. The number of carbonyl (C=O) groups excluding carboxylic acids is 2. The van der Waals surface area contributed by atoms with E-state index in [4.69, 9.17) is 15.2 Å². The molecule has 0 aliphatic carbocycles. The van der Waals surface area contributed by atoms with Gasteiger partial charge in [-0.2, -0.15) is 4.99 Å². The van der Waals surface area contributed by atoms with Crippen molar-refractivity contribution in [3.63, 3.8) is 0 Å². The molecule has 3 N–H and O–H groups in total. The van der Waals surface area contributed by atoms with Crippen LogP contribution in [-0.4, -0.2) is 50.1 Å². The molecule has 2 aromatic carbocycles. The molecular formula is C24H25F3N4O5S. The molecule has 3 rings (SSSR count). The van der Waals surface area contributed by atoms with Gasteiger partial charge in [0.25, 0.3) is 5.91 Å². The standard InChI is InChI=1S/C24H25F3N4O5S/c1-34-17-8-9-18(20(12-17)35-2)22(33)30-23-31(11-3-10-29-13-21(28)32)19(14-37-23)15-4-6-16(7-5-15)36-24(25,26)27/h4-9,12,14,29H,3,10-11,13H2,1-2H3,(H2,28,32)/b30-23-. The van der Waals surface area contributed by atoms with E-state index in [1.807, 2.05) is 0 Å². The molecule has 0 aliphatic rings. The summed E-state index contributed by atoms with van der Waals surface area (Å²) in [5.41, 5.74) is 6.63. The molecular weight excluding hydrogens is 513 g/mol. The van der Waals surface area contributed by atoms with Crippen molar-refractivity contribution >= 4 is 23.2 Å². The Kier molecular flexibility index (Phi) is 9.31. The number of rotatable bonds is 11. The molecule has 2 amide bonds. The van der Waals surface area contributed by atoms with Crippen molar-refractivity contribution in [3.05, 3.63) is 58.2 Å². The van der Waals surface area contributed by atoms with Crippen molar-refractivity contribution in [3.8, 4) is 28.5 Å². The Morgan fingerprint density at radius 1 is 1.08 bits per heavy atom. The molecule has 0 saturated carbocycles. The Hall–Kier alpha value is -3.84. The van der Waals surface area contributed by atoms with Gasteiger partial charge in [-0.1, -0.05) is 0 Å². The average molecular weight is 539 g/mol. The summed E-state index contributed by atoms with van der Waals surface area (Å²) in [7, 11) is 2.93. The highest BCUT2D eigenvalue weighted by molar-refractivity contribution is 7.07. The molecule has 0 unspecified atom stereocenters. The SMILES string of the molecule is COc1ccc(C(=O)/N=c2\scc(-c3ccc(OC(F)(F)F)cc3)n2CCCNCC(N)=O)c(OC)c1. The number of hydrogen-bond acceptors (Lipinski definition) is 7. The number of amides is 2. The van der Waals surface area contributed by atoms with Gasteiger partial charge in [0.1, 0.15) is 17.2 Å². The molecule has 0 radical (unpaired) electrons. The third kappa shape index (κ3) is 7.82. The van der Waals surface area contributed by atoms with Crippen LogP contribution in [0.1, 0.15) is 16.8 Å². The lowest BCUT2D eigenvalue weighted by molar-refractivity contribution is -0.274. The van der Waals surface area contributed by atoms with Crippen LogP contribution in [0.4, 0.5) is 13.2 Å². The second-order valence-corrected chi connectivity index (χ2v) is 8.44. The maximum absolute atomic E-state index is 13.0. The fourth-order valence-electron chi connectivity index (χ4n) is 3.39. The van der Waals surface area contributed by atoms with Crippen LogP contribution in [0.2, 0.25) is 0 Å². The number of nitrogens with two attached hydrogens (primary N) is 1. The number of benzene rings is 2. The first-order valence-electron chi connectivity index (χ1n) is 11.0. The van der Waals surface area contributed by atoms with E-state index >= 15 is 0 Å². The minimum Gasteiger partial charge on any atom is -0.497 e. The highest BCUT2D eigenvalue weighted by Crippen LogP contribution is 2.28. The predicted molar refractivity (Wildman–Crippen MR) is 131 cm³/mol. The zero-order chi connectivity index (χ0) is 27.0. The number of nitrogens with zero attached hydrogens (tertiary/aromatic N) is 2. The summed E-state index contributed by atoms with van der Waals surface area (Å²) in [5, 5.41) is 4.67. The highest BCUT2D eigenvalue weighted by Gasteiger charge is 2.31. The van der Waals surface area contributed by atoms with Crippen LogP contribution >= 0.6 is 11.3 Å². The first-order valence-corrected chi connectivity index (χ1v) is 11.8. The fraction of sp³-hybridized carbons (Fsp3) is 0.292. The number of nitrogens with one attached hydrogen (secondary N) is 1. The van der Waals surface area contributed by atoms with Gasteiger partial charge in [-0.05, 0) is 54.9 Å². The van der Waals surface area contributed by atoms with E-state index < -0.39 is 18.2 Å². The van der Waals surface area contributed by atoms with E-state index in [2.05, 4.69) is 15.0 Å². The zero-order valence-electron chi connectivity index (χ0n) is 20.0. The summed E-state index contributed by atoms with van der Waals surface area (Å²) in [6, 6.07) is 10.1. The van der Waals surface area contributed by atoms with Crippen molar-refractivity contribution in [2.24, 2.45) is 10.7 Å². The van der Waals surface area contributed by atoms with Gasteiger partial charge in [-0.25, -0.2) is 0 Å². The molecule has 0 fully saturated rings. The van der Waals surface area contributed by atoms with Crippen LogP contribution in [0.15, 0.2) is 52.8 Å². The number of aromatic nitrogens is 1. The molecule has 3 aromatic rings. The first kappa shape index (κ1) is 27.7. The summed E-state index contributed by atoms with van der Waals surface area (Å²) in [5.74, 6) is -0.557. The minimum absolute atomic E-state index is 0.0226. The smallest absolute Gasteiger partial charge is 0.497 e. The Bertz CT molecular complexity index is 1300. The first-order chi connectivity index (χ1) is 17.6. The van der Waals surface area contributed by atoms with Crippen LogP contribution in [-0.2, 0) is 11.3 Å². The van der Waals surface area contributed by atoms with Gasteiger partial charge in [0.2, 0.25) is 5.91 Å². The van der Waals surface area contributed by atoms with E-state index in [0.29, 0.717) is 47.1 Å². The molecule has 0 saturated heterocycles. The van der Waals surface area contributed by atoms with E-state index in [1.165, 1.54) is 49.8 Å². The fourth-order valence-corrected chi connectivity index (χ4v) is 4.32. The second kappa shape index (κ2) is 12.4. The molecule has 37 heavy (non-hydrogen) atoms. The van der Waals surface area contributed by atoms with Crippen LogP contribution in [0.25, 0.3) is 11.3 Å². The van der Waals surface area contributed by atoms with Crippen molar-refractivity contribution in [2.45, 2.75) is 19.3 Å². The highest BCUT2D eigenvalue weighted by atomic mass is 32.1. The van der Waals surface area contributed by atoms with Gasteiger partial charge >= 0.3 is 6.36 Å². The summed E-state index contributed by atoms with van der Waals surface area (Å²) in [6.07, 6.45) is -4.24. The lowest BCUT2D eigenvalue weighted by Gasteiger charge is -2.12. The average Bonchev–Trinajstić information content (AvgIpc) is 3.24. The maximum atomic E-state index is 13.0. The van der Waals surface area contributed by atoms with E-state index in [-0.39, 0.29) is 17.9 Å². The van der Waals surface area contributed by atoms with Gasteiger partial charge in [0.15, 0.2) is 4.80 Å². The monoisotopic (exact) mass is 538 g/mol. The Balaban J connectivity index is 1.95. The van der Waals surface area contributed by atoms with Gasteiger partial charge in [0, 0.05) is 18.0 Å². The number of carbonyl (C=O) groups is 2. The number of primary amides is 1. The molecule has 13 heteroatoms. The summed E-state index contributed by atoms with van der Waals surface area (Å²) in [4.78, 5) is 28.7. The normalized spacial score (nSPS) is 11.9. The summed E-state index contributed by atoms with van der Waals surface area (Å²) in [6.45, 7) is 0.884. The zero-order valence-corrected chi connectivity index (χ0v) is 20.8. The molecule has 1 aromatic heterocycles. The van der Waals surface area contributed by atoms with Crippen molar-refractivity contribution < 1.29 is 37.0 Å². The molecule has 0 bridgehead atoms. The molecule has 1 heterocycles. The third-order valence-electron chi connectivity index (χ3n) is 5.05. The van der Waals surface area contributed by atoms with E-state index in [0.717, 1.165) is 0 Å². The van der Waals surface area contributed by atoms with Gasteiger partial charge in [-0.3, -0.25) is 9.59 Å². The lowest BCUT2D eigenvalue weighted by Crippen LogP contribution is -2.30. The van der Waals surface area contributed by atoms with Gasteiger partial charge in [-0.15, -0.1) is 24.5 Å². The molecule has 9 nitrogen and oxygen atoms in total. The van der Waals surface area contributed by atoms with E-state index in [1.54, 1.807) is 28.1 Å². The van der Waals surface area contributed by atoms with Crippen LogP contribution < -0.4 is 30.1 Å². The second-order valence-electron chi connectivity index (χ2n) is 7.61.